The zero-order valence-electron chi connectivity index (χ0n) is 11.3. The van der Waals surface area contributed by atoms with Gasteiger partial charge in [0, 0.05) is 38.3 Å². The van der Waals surface area contributed by atoms with E-state index in [4.69, 9.17) is 5.11 Å². The number of carboxylic acid groups (broad SMARTS) is 1. The van der Waals surface area contributed by atoms with Crippen LogP contribution in [-0.2, 0) is 9.59 Å². The standard InChI is InChI=1S/C14H16FN3O3/c15-11-3-1-2-4-12(11)18(13(19)5-6-14(20)21)17-9-7-16-8-10-17/h1-6,16H,7-10H2,(H,20,21). The van der Waals surface area contributed by atoms with Crippen LogP contribution in [0.5, 0.6) is 0 Å². The second-order valence-corrected chi connectivity index (χ2v) is 4.48. The summed E-state index contributed by atoms with van der Waals surface area (Å²) >= 11 is 0. The fraction of sp³-hybridized carbons (Fsp3) is 0.286. The summed E-state index contributed by atoms with van der Waals surface area (Å²) in [6.45, 7) is 2.39. The van der Waals surface area contributed by atoms with Crippen LogP contribution in [0.2, 0.25) is 0 Å². The van der Waals surface area contributed by atoms with Gasteiger partial charge in [-0.05, 0) is 12.1 Å². The van der Waals surface area contributed by atoms with Gasteiger partial charge in [-0.15, -0.1) is 0 Å². The van der Waals surface area contributed by atoms with Crippen molar-refractivity contribution >= 4 is 17.6 Å². The minimum atomic E-state index is -1.22. The SMILES string of the molecule is O=C(O)C=CC(=O)N(c1ccccc1F)N1CCNCC1. The molecule has 21 heavy (non-hydrogen) atoms. The number of piperazine rings is 1. The van der Waals surface area contributed by atoms with E-state index in [9.17, 15) is 14.0 Å². The zero-order valence-corrected chi connectivity index (χ0v) is 11.3. The first-order valence-electron chi connectivity index (χ1n) is 6.55. The number of hydrogen-bond donors (Lipinski definition) is 2. The Bertz CT molecular complexity index is 556. The third kappa shape index (κ3) is 3.87. The summed E-state index contributed by atoms with van der Waals surface area (Å²) in [5, 5.41) is 14.7. The Morgan fingerprint density at radius 2 is 1.90 bits per heavy atom. The number of anilines is 1. The van der Waals surface area contributed by atoms with Crippen molar-refractivity contribution in [1.29, 1.82) is 0 Å². The molecule has 0 bridgehead atoms. The van der Waals surface area contributed by atoms with Gasteiger partial charge in [-0.3, -0.25) is 4.79 Å². The molecule has 7 heteroatoms. The number of benzene rings is 1. The van der Waals surface area contributed by atoms with Gasteiger partial charge in [0.15, 0.2) is 0 Å². The highest BCUT2D eigenvalue weighted by atomic mass is 19.1. The maximum Gasteiger partial charge on any atom is 0.328 e. The van der Waals surface area contributed by atoms with Gasteiger partial charge < -0.3 is 10.4 Å². The Labute approximate surface area is 121 Å². The molecule has 0 aliphatic carbocycles. The van der Waals surface area contributed by atoms with E-state index in [2.05, 4.69) is 5.32 Å². The van der Waals surface area contributed by atoms with Gasteiger partial charge in [0.2, 0.25) is 0 Å². The van der Waals surface area contributed by atoms with Gasteiger partial charge in [-0.1, -0.05) is 12.1 Å². The molecule has 1 fully saturated rings. The number of carbonyl (C=O) groups excluding carboxylic acids is 1. The zero-order chi connectivity index (χ0) is 15.2. The molecule has 1 aliphatic rings. The van der Waals surface area contributed by atoms with Gasteiger partial charge in [0.05, 0.1) is 5.69 Å². The topological polar surface area (TPSA) is 72.9 Å². The Balaban J connectivity index is 2.32. The first-order chi connectivity index (χ1) is 10.1. The Hall–Kier alpha value is -2.25. The van der Waals surface area contributed by atoms with Crippen molar-refractivity contribution in [2.45, 2.75) is 0 Å². The van der Waals surface area contributed by atoms with E-state index in [1.54, 1.807) is 11.1 Å². The third-order valence-electron chi connectivity index (χ3n) is 3.03. The molecule has 1 heterocycles. The number of nitrogens with one attached hydrogen (secondary N) is 1. The van der Waals surface area contributed by atoms with E-state index in [0.29, 0.717) is 26.2 Å². The molecule has 0 saturated carbocycles. The highest BCUT2D eigenvalue weighted by molar-refractivity contribution is 6.03. The predicted octanol–water partition coefficient (Wildman–Crippen LogP) is 0.620. The minimum absolute atomic E-state index is 0.111. The number of amides is 1. The molecule has 2 N–H and O–H groups in total. The molecule has 0 radical (unpaired) electrons. The number of para-hydroxylation sites is 1. The maximum atomic E-state index is 14.0. The lowest BCUT2D eigenvalue weighted by Gasteiger charge is -2.37. The lowest BCUT2D eigenvalue weighted by Crippen LogP contribution is -2.54. The van der Waals surface area contributed by atoms with Crippen LogP contribution in [0.4, 0.5) is 10.1 Å². The minimum Gasteiger partial charge on any atom is -0.478 e. The van der Waals surface area contributed by atoms with Crippen molar-refractivity contribution in [2.24, 2.45) is 0 Å². The van der Waals surface area contributed by atoms with Crippen LogP contribution in [0.1, 0.15) is 0 Å². The number of carboxylic acids is 1. The fourth-order valence-corrected chi connectivity index (χ4v) is 2.10. The van der Waals surface area contributed by atoms with E-state index in [1.807, 2.05) is 0 Å². The van der Waals surface area contributed by atoms with Crippen LogP contribution in [0, 0.1) is 5.82 Å². The molecule has 0 aromatic heterocycles. The molecule has 6 nitrogen and oxygen atoms in total. The lowest BCUT2D eigenvalue weighted by atomic mass is 10.2. The summed E-state index contributed by atoms with van der Waals surface area (Å²) in [7, 11) is 0. The van der Waals surface area contributed by atoms with Crippen molar-refractivity contribution in [3.05, 3.63) is 42.2 Å². The first kappa shape index (κ1) is 15.1. The average Bonchev–Trinajstić information content (AvgIpc) is 2.48. The van der Waals surface area contributed by atoms with Gasteiger partial charge in [-0.25, -0.2) is 19.2 Å². The van der Waals surface area contributed by atoms with Crippen LogP contribution in [0.3, 0.4) is 0 Å². The molecular weight excluding hydrogens is 277 g/mol. The highest BCUT2D eigenvalue weighted by Crippen LogP contribution is 2.21. The monoisotopic (exact) mass is 293 g/mol. The summed E-state index contributed by atoms with van der Waals surface area (Å²) in [4.78, 5) is 22.8. The van der Waals surface area contributed by atoms with E-state index in [0.717, 1.165) is 12.2 Å². The maximum absolute atomic E-state index is 14.0. The Morgan fingerprint density at radius 3 is 2.52 bits per heavy atom. The molecule has 1 amide bonds. The van der Waals surface area contributed by atoms with E-state index >= 15 is 0 Å². The number of hydrogen-bond acceptors (Lipinski definition) is 4. The average molecular weight is 293 g/mol. The molecule has 112 valence electrons. The molecule has 0 atom stereocenters. The lowest BCUT2D eigenvalue weighted by molar-refractivity contribution is -0.131. The predicted molar refractivity (Wildman–Crippen MR) is 75.1 cm³/mol. The van der Waals surface area contributed by atoms with Gasteiger partial charge >= 0.3 is 5.97 Å². The Kier molecular flexibility index (Phi) is 5.02. The Morgan fingerprint density at radius 1 is 1.24 bits per heavy atom. The number of nitrogens with zero attached hydrogens (tertiary/aromatic N) is 2. The second-order valence-electron chi connectivity index (χ2n) is 4.48. The summed E-state index contributed by atoms with van der Waals surface area (Å²) in [6.07, 6.45) is 1.68. The van der Waals surface area contributed by atoms with Gasteiger partial charge in [-0.2, -0.15) is 0 Å². The third-order valence-corrected chi connectivity index (χ3v) is 3.03. The van der Waals surface area contributed by atoms with Gasteiger partial charge in [0.25, 0.3) is 5.91 Å². The van der Waals surface area contributed by atoms with Crippen molar-refractivity contribution in [3.8, 4) is 0 Å². The summed E-state index contributed by atoms with van der Waals surface area (Å²) < 4.78 is 14.0. The number of aliphatic carboxylic acids is 1. The summed E-state index contributed by atoms with van der Waals surface area (Å²) in [6, 6.07) is 5.91. The molecule has 2 rings (SSSR count). The molecule has 0 unspecified atom stereocenters. The first-order valence-corrected chi connectivity index (χ1v) is 6.55. The normalized spacial score (nSPS) is 16.0. The van der Waals surface area contributed by atoms with Crippen molar-refractivity contribution in [2.75, 3.05) is 31.2 Å². The molecule has 1 aromatic carbocycles. The van der Waals surface area contributed by atoms with Crippen molar-refractivity contribution in [1.82, 2.24) is 10.3 Å². The number of rotatable bonds is 4. The number of halogens is 1. The summed E-state index contributed by atoms with van der Waals surface area (Å²) in [5.41, 5.74) is 0.111. The quantitative estimate of drug-likeness (QED) is 0.796. The van der Waals surface area contributed by atoms with Crippen molar-refractivity contribution < 1.29 is 19.1 Å². The van der Waals surface area contributed by atoms with E-state index in [-0.39, 0.29) is 5.69 Å². The highest BCUT2D eigenvalue weighted by Gasteiger charge is 2.25. The van der Waals surface area contributed by atoms with Gasteiger partial charge in [0.1, 0.15) is 5.82 Å². The van der Waals surface area contributed by atoms with E-state index in [1.165, 1.54) is 23.2 Å². The molecule has 1 aromatic rings. The largest absolute Gasteiger partial charge is 0.478 e. The molecule has 1 saturated heterocycles. The van der Waals surface area contributed by atoms with Crippen LogP contribution in [0.25, 0.3) is 0 Å². The number of carbonyl (C=O) groups is 2. The van der Waals surface area contributed by atoms with Crippen LogP contribution >= 0.6 is 0 Å². The second kappa shape index (κ2) is 6.96. The molecule has 1 aliphatic heterocycles. The van der Waals surface area contributed by atoms with Crippen LogP contribution < -0.4 is 10.3 Å². The molecular formula is C14H16FN3O3. The fourth-order valence-electron chi connectivity index (χ4n) is 2.10. The van der Waals surface area contributed by atoms with Crippen LogP contribution in [0.15, 0.2) is 36.4 Å². The van der Waals surface area contributed by atoms with Crippen LogP contribution in [-0.4, -0.2) is 48.2 Å². The molecule has 0 spiro atoms. The van der Waals surface area contributed by atoms with Crippen molar-refractivity contribution in [3.63, 3.8) is 0 Å². The van der Waals surface area contributed by atoms with E-state index < -0.39 is 17.7 Å². The smallest absolute Gasteiger partial charge is 0.328 e. The number of hydrazine groups is 1. The summed E-state index contributed by atoms with van der Waals surface area (Å²) in [5.74, 6) is -2.35.